The van der Waals surface area contributed by atoms with Crippen LogP contribution in [0.1, 0.15) is 40.2 Å². The van der Waals surface area contributed by atoms with Gasteiger partial charge in [-0.25, -0.2) is 0 Å². The Balaban J connectivity index is 1.62. The van der Waals surface area contributed by atoms with E-state index in [4.69, 9.17) is 9.47 Å². The highest BCUT2D eigenvalue weighted by molar-refractivity contribution is 7.09. The Morgan fingerprint density at radius 1 is 1.36 bits per heavy atom. The van der Waals surface area contributed by atoms with Crippen LogP contribution in [-0.4, -0.2) is 24.0 Å². The van der Waals surface area contributed by atoms with Gasteiger partial charge in [-0.15, -0.1) is 11.3 Å². The second-order valence-electron chi connectivity index (χ2n) is 6.79. The van der Waals surface area contributed by atoms with E-state index >= 15 is 0 Å². The van der Waals surface area contributed by atoms with Crippen LogP contribution in [-0.2, 0) is 13.0 Å². The molecule has 4 nitrogen and oxygen atoms in total. The summed E-state index contributed by atoms with van der Waals surface area (Å²) in [5.41, 5.74) is 3.50. The first-order valence-electron chi connectivity index (χ1n) is 8.48. The summed E-state index contributed by atoms with van der Waals surface area (Å²) in [5.74, 6) is 1.98. The summed E-state index contributed by atoms with van der Waals surface area (Å²) < 4.78 is 11.9. The van der Waals surface area contributed by atoms with Gasteiger partial charge in [-0.2, -0.15) is 0 Å². The van der Waals surface area contributed by atoms with E-state index in [1.165, 1.54) is 4.88 Å². The van der Waals surface area contributed by atoms with E-state index in [9.17, 15) is 4.79 Å². The van der Waals surface area contributed by atoms with E-state index in [0.717, 1.165) is 42.0 Å². The highest BCUT2D eigenvalue weighted by Crippen LogP contribution is 2.44. The summed E-state index contributed by atoms with van der Waals surface area (Å²) in [5, 5.41) is 2.10. The van der Waals surface area contributed by atoms with Crippen molar-refractivity contribution < 1.29 is 14.3 Å². The van der Waals surface area contributed by atoms with Crippen molar-refractivity contribution in [2.24, 2.45) is 0 Å². The maximum atomic E-state index is 12.7. The molecule has 0 bridgehead atoms. The average Bonchev–Trinajstić information content (AvgIpc) is 3.21. The van der Waals surface area contributed by atoms with E-state index in [2.05, 4.69) is 22.4 Å². The number of fused-ring (bicyclic) bond motifs is 3. The van der Waals surface area contributed by atoms with E-state index in [1.54, 1.807) is 11.3 Å². The Morgan fingerprint density at radius 2 is 2.20 bits per heavy atom. The first kappa shape index (κ1) is 16.4. The Kier molecular flexibility index (Phi) is 4.13. The molecule has 0 amide bonds. The van der Waals surface area contributed by atoms with E-state index in [-0.39, 0.29) is 5.78 Å². The molecule has 0 fully saturated rings. The summed E-state index contributed by atoms with van der Waals surface area (Å²) in [6, 6.07) is 6.21. The number of carbonyl (C=O) groups excluding carboxylic acids is 1. The summed E-state index contributed by atoms with van der Waals surface area (Å²) in [4.78, 5) is 16.3. The fourth-order valence-electron chi connectivity index (χ4n) is 3.36. The van der Waals surface area contributed by atoms with Gasteiger partial charge in [0.2, 0.25) is 5.78 Å². The molecule has 0 saturated heterocycles. The van der Waals surface area contributed by atoms with Crippen molar-refractivity contribution in [2.75, 3.05) is 13.3 Å². The minimum Gasteiger partial charge on any atom is -0.478 e. The van der Waals surface area contributed by atoms with Crippen molar-refractivity contribution in [2.45, 2.75) is 33.7 Å². The molecule has 0 saturated carbocycles. The molecule has 2 aromatic rings. The molecule has 2 aliphatic rings. The van der Waals surface area contributed by atoms with Gasteiger partial charge in [0, 0.05) is 18.0 Å². The summed E-state index contributed by atoms with van der Waals surface area (Å²) >= 11 is 1.78. The molecule has 1 aromatic carbocycles. The van der Waals surface area contributed by atoms with Gasteiger partial charge < -0.3 is 9.47 Å². The van der Waals surface area contributed by atoms with Crippen LogP contribution in [0.4, 0.5) is 0 Å². The number of hydrogen-bond acceptors (Lipinski definition) is 5. The first-order valence-corrected chi connectivity index (χ1v) is 9.36. The van der Waals surface area contributed by atoms with E-state index in [1.807, 2.05) is 26.8 Å². The monoisotopic (exact) mass is 355 g/mol. The predicted molar refractivity (Wildman–Crippen MR) is 98.4 cm³/mol. The summed E-state index contributed by atoms with van der Waals surface area (Å²) in [6.07, 6.45) is 1.00. The number of ketones is 1. The molecule has 25 heavy (non-hydrogen) atoms. The minimum atomic E-state index is -0.00832. The number of carbonyl (C=O) groups is 1. The smallest absolute Gasteiger partial charge is 0.232 e. The number of ether oxygens (including phenoxy) is 2. The van der Waals surface area contributed by atoms with Crippen molar-refractivity contribution in [3.05, 3.63) is 56.5 Å². The van der Waals surface area contributed by atoms with Gasteiger partial charge in [0.25, 0.3) is 0 Å². The number of Topliss-reactive ketones (excluding diaryl/α,β-unsaturated/α-hetero) is 1. The number of allylic oxidation sites excluding steroid dienone is 2. The largest absolute Gasteiger partial charge is 0.478 e. The molecular weight excluding hydrogens is 334 g/mol. The van der Waals surface area contributed by atoms with Crippen LogP contribution in [0.15, 0.2) is 34.9 Å². The van der Waals surface area contributed by atoms with Crippen molar-refractivity contribution in [3.8, 4) is 11.5 Å². The van der Waals surface area contributed by atoms with E-state index in [0.29, 0.717) is 23.8 Å². The van der Waals surface area contributed by atoms with Crippen LogP contribution in [0.5, 0.6) is 11.5 Å². The lowest BCUT2D eigenvalue weighted by atomic mass is 9.98. The van der Waals surface area contributed by atoms with Crippen molar-refractivity contribution in [1.82, 2.24) is 4.90 Å². The Hall–Kier alpha value is -2.11. The number of thiophene rings is 1. The number of benzene rings is 1. The number of rotatable bonds is 3. The van der Waals surface area contributed by atoms with E-state index < -0.39 is 0 Å². The topological polar surface area (TPSA) is 38.8 Å². The fourth-order valence-corrected chi connectivity index (χ4v) is 4.06. The lowest BCUT2D eigenvalue weighted by Crippen LogP contribution is -2.33. The molecule has 0 unspecified atom stereocenters. The van der Waals surface area contributed by atoms with Gasteiger partial charge in [0.15, 0.2) is 5.76 Å². The SMILES string of the molecule is CC(C)=C1Oc2c3c(cc(C)c2C1=O)OCN(CCc1cccs1)C3. The summed E-state index contributed by atoms with van der Waals surface area (Å²) in [7, 11) is 0. The van der Waals surface area contributed by atoms with Crippen LogP contribution in [0.3, 0.4) is 0 Å². The van der Waals surface area contributed by atoms with Crippen LogP contribution in [0.2, 0.25) is 0 Å². The zero-order valence-electron chi connectivity index (χ0n) is 14.7. The van der Waals surface area contributed by atoms with Gasteiger partial charge in [-0.3, -0.25) is 9.69 Å². The zero-order chi connectivity index (χ0) is 17.6. The predicted octanol–water partition coefficient (Wildman–Crippen LogP) is 4.32. The first-order chi connectivity index (χ1) is 12.0. The lowest BCUT2D eigenvalue weighted by Gasteiger charge is -2.30. The summed E-state index contributed by atoms with van der Waals surface area (Å²) in [6.45, 7) is 8.00. The maximum Gasteiger partial charge on any atom is 0.232 e. The van der Waals surface area contributed by atoms with Crippen molar-refractivity contribution in [3.63, 3.8) is 0 Å². The minimum absolute atomic E-state index is 0.00832. The van der Waals surface area contributed by atoms with Crippen molar-refractivity contribution in [1.29, 1.82) is 0 Å². The average molecular weight is 355 g/mol. The lowest BCUT2D eigenvalue weighted by molar-refractivity contribution is 0.0950. The van der Waals surface area contributed by atoms with Gasteiger partial charge in [-0.05, 0) is 55.8 Å². The number of hydrogen-bond donors (Lipinski definition) is 0. The molecule has 2 aliphatic heterocycles. The molecule has 4 rings (SSSR count). The third-order valence-electron chi connectivity index (χ3n) is 4.67. The van der Waals surface area contributed by atoms with Crippen LogP contribution in [0.25, 0.3) is 0 Å². The Bertz CT molecular complexity index is 864. The molecule has 0 aliphatic carbocycles. The van der Waals surface area contributed by atoms with Crippen LogP contribution >= 0.6 is 11.3 Å². The van der Waals surface area contributed by atoms with Gasteiger partial charge in [0.05, 0.1) is 11.1 Å². The zero-order valence-corrected chi connectivity index (χ0v) is 15.5. The molecule has 3 heterocycles. The normalized spacial score (nSPS) is 16.3. The third kappa shape index (κ3) is 2.87. The van der Waals surface area contributed by atoms with Gasteiger partial charge >= 0.3 is 0 Å². The molecule has 0 N–H and O–H groups in total. The number of nitrogens with zero attached hydrogens (tertiary/aromatic N) is 1. The Morgan fingerprint density at radius 3 is 2.92 bits per heavy atom. The van der Waals surface area contributed by atoms with Crippen LogP contribution < -0.4 is 9.47 Å². The standard InChI is InChI=1S/C20H21NO3S/c1-12(2)19-18(22)17-13(3)9-16-15(20(17)24-19)10-21(11-23-16)7-6-14-5-4-8-25-14/h4-5,8-9H,6-7,10-11H2,1-3H3. The molecule has 0 spiro atoms. The van der Waals surface area contributed by atoms with Gasteiger partial charge in [0.1, 0.15) is 18.2 Å². The highest BCUT2D eigenvalue weighted by Gasteiger charge is 2.35. The fraction of sp³-hybridized carbons (Fsp3) is 0.350. The molecule has 1 aromatic heterocycles. The molecule has 130 valence electrons. The highest BCUT2D eigenvalue weighted by atomic mass is 32.1. The Labute approximate surface area is 151 Å². The second kappa shape index (κ2) is 6.32. The van der Waals surface area contributed by atoms with Gasteiger partial charge in [-0.1, -0.05) is 6.07 Å². The molecule has 0 radical (unpaired) electrons. The maximum absolute atomic E-state index is 12.7. The molecular formula is C20H21NO3S. The van der Waals surface area contributed by atoms with Crippen molar-refractivity contribution >= 4 is 17.1 Å². The quantitative estimate of drug-likeness (QED) is 0.769. The third-order valence-corrected chi connectivity index (χ3v) is 5.61. The molecule has 5 heteroatoms. The molecule has 0 atom stereocenters. The number of aryl methyl sites for hydroxylation is 1. The second-order valence-corrected chi connectivity index (χ2v) is 7.82. The van der Waals surface area contributed by atoms with Crippen LogP contribution in [0, 0.1) is 6.92 Å².